The van der Waals surface area contributed by atoms with Gasteiger partial charge < -0.3 is 10.2 Å². The van der Waals surface area contributed by atoms with Gasteiger partial charge in [-0.25, -0.2) is 0 Å². The first kappa shape index (κ1) is 12.7. The summed E-state index contributed by atoms with van der Waals surface area (Å²) >= 11 is 0. The zero-order valence-electron chi connectivity index (χ0n) is 11.7. The predicted molar refractivity (Wildman–Crippen MR) is 76.6 cm³/mol. The minimum Gasteiger partial charge on any atom is -0.331 e. The summed E-state index contributed by atoms with van der Waals surface area (Å²) in [5.74, 6) is 1.38. The molecule has 0 spiro atoms. The molecule has 2 aliphatic heterocycles. The van der Waals surface area contributed by atoms with Crippen LogP contribution in [0.5, 0.6) is 0 Å². The van der Waals surface area contributed by atoms with Gasteiger partial charge in [0.05, 0.1) is 6.04 Å². The normalized spacial score (nSPS) is 28.6. The Balaban J connectivity index is 1.78. The van der Waals surface area contributed by atoms with Crippen LogP contribution in [0.3, 0.4) is 0 Å². The Hall–Kier alpha value is -1.35. The van der Waals surface area contributed by atoms with Gasteiger partial charge in [-0.15, -0.1) is 0 Å². The van der Waals surface area contributed by atoms with E-state index in [9.17, 15) is 4.79 Å². The maximum absolute atomic E-state index is 12.5. The van der Waals surface area contributed by atoms with Crippen molar-refractivity contribution in [2.75, 3.05) is 19.6 Å². The molecule has 0 saturated carbocycles. The maximum Gasteiger partial charge on any atom is 0.251 e. The highest BCUT2D eigenvalue weighted by molar-refractivity contribution is 5.97. The van der Waals surface area contributed by atoms with E-state index < -0.39 is 0 Å². The lowest BCUT2D eigenvalue weighted by Crippen LogP contribution is -2.45. The van der Waals surface area contributed by atoms with Gasteiger partial charge in [0, 0.05) is 24.6 Å². The Morgan fingerprint density at radius 2 is 2.32 bits per heavy atom. The summed E-state index contributed by atoms with van der Waals surface area (Å²) < 4.78 is 0. The van der Waals surface area contributed by atoms with Gasteiger partial charge in [-0.05, 0) is 30.5 Å². The minimum absolute atomic E-state index is 0.233. The standard InChI is InChI=1S/C16H22N2O/c1-11(2)9-17-10-14-8-13-5-3-4-12-6-7-18(15(12)13)16(14)19/h3-5,8,11-12,15,17H,6-7,9-10H2,1-2H3. The van der Waals surface area contributed by atoms with Gasteiger partial charge in [-0.1, -0.05) is 32.1 Å². The summed E-state index contributed by atoms with van der Waals surface area (Å²) in [4.78, 5) is 14.5. The molecule has 3 rings (SSSR count). The Morgan fingerprint density at radius 3 is 3.11 bits per heavy atom. The zero-order chi connectivity index (χ0) is 13.4. The summed E-state index contributed by atoms with van der Waals surface area (Å²) in [5.41, 5.74) is 2.23. The highest BCUT2D eigenvalue weighted by atomic mass is 16.2. The monoisotopic (exact) mass is 258 g/mol. The van der Waals surface area contributed by atoms with Crippen LogP contribution in [0.15, 0.2) is 35.5 Å². The number of nitrogens with zero attached hydrogens (tertiary/aromatic N) is 1. The van der Waals surface area contributed by atoms with Crippen LogP contribution in [0.2, 0.25) is 0 Å². The SMILES string of the molecule is CC(C)CNCC1=CC2=CC=CC3CCN(C1=O)C23. The lowest BCUT2D eigenvalue weighted by atomic mass is 9.86. The first-order chi connectivity index (χ1) is 9.16. The summed E-state index contributed by atoms with van der Waals surface area (Å²) in [6.45, 7) is 6.90. The van der Waals surface area contributed by atoms with E-state index in [4.69, 9.17) is 0 Å². The molecule has 0 bridgehead atoms. The van der Waals surface area contributed by atoms with Gasteiger partial charge in [0.1, 0.15) is 0 Å². The summed E-state index contributed by atoms with van der Waals surface area (Å²) in [5, 5.41) is 3.38. The molecule has 0 aromatic rings. The molecule has 1 saturated heterocycles. The van der Waals surface area contributed by atoms with Crippen LogP contribution in [0.25, 0.3) is 0 Å². The fourth-order valence-corrected chi connectivity index (χ4v) is 3.28. The highest BCUT2D eigenvalue weighted by Crippen LogP contribution is 2.37. The van der Waals surface area contributed by atoms with E-state index >= 15 is 0 Å². The van der Waals surface area contributed by atoms with Crippen molar-refractivity contribution in [3.05, 3.63) is 35.5 Å². The van der Waals surface area contributed by atoms with Gasteiger partial charge in [0.25, 0.3) is 5.91 Å². The average Bonchev–Trinajstić information content (AvgIpc) is 2.80. The second-order valence-corrected chi connectivity index (χ2v) is 6.14. The lowest BCUT2D eigenvalue weighted by Gasteiger charge is -2.34. The molecule has 3 aliphatic rings. The van der Waals surface area contributed by atoms with Gasteiger partial charge >= 0.3 is 0 Å². The van der Waals surface area contributed by atoms with Crippen LogP contribution in [-0.2, 0) is 4.79 Å². The van der Waals surface area contributed by atoms with Gasteiger partial charge in [0.2, 0.25) is 0 Å². The quantitative estimate of drug-likeness (QED) is 0.835. The molecule has 0 aromatic heterocycles. The first-order valence-electron chi connectivity index (χ1n) is 7.27. The van der Waals surface area contributed by atoms with Crippen molar-refractivity contribution < 1.29 is 4.79 Å². The van der Waals surface area contributed by atoms with Gasteiger partial charge in [0.15, 0.2) is 0 Å². The van der Waals surface area contributed by atoms with E-state index in [2.05, 4.69) is 48.4 Å². The van der Waals surface area contributed by atoms with Crippen molar-refractivity contribution in [1.29, 1.82) is 0 Å². The molecular weight excluding hydrogens is 236 g/mol. The van der Waals surface area contributed by atoms with E-state index in [0.717, 1.165) is 25.1 Å². The fraction of sp³-hybridized carbons (Fsp3) is 0.562. The summed E-state index contributed by atoms with van der Waals surface area (Å²) in [7, 11) is 0. The predicted octanol–water partition coefficient (Wildman–Crippen LogP) is 1.89. The molecule has 2 unspecified atom stereocenters. The lowest BCUT2D eigenvalue weighted by molar-refractivity contribution is -0.128. The minimum atomic E-state index is 0.233. The van der Waals surface area contributed by atoms with Crippen molar-refractivity contribution in [3.63, 3.8) is 0 Å². The third kappa shape index (κ3) is 2.27. The molecule has 1 N–H and O–H groups in total. The molecule has 0 radical (unpaired) electrons. The number of nitrogens with one attached hydrogen (secondary N) is 1. The van der Waals surface area contributed by atoms with Crippen LogP contribution < -0.4 is 5.32 Å². The summed E-state index contributed by atoms with van der Waals surface area (Å²) in [6.07, 6.45) is 9.76. The molecule has 102 valence electrons. The number of carbonyl (C=O) groups excluding carboxylic acids is 1. The third-order valence-electron chi connectivity index (χ3n) is 4.18. The average molecular weight is 258 g/mol. The van der Waals surface area contributed by atoms with Gasteiger partial charge in [-0.2, -0.15) is 0 Å². The molecule has 1 aliphatic carbocycles. The van der Waals surface area contributed by atoms with Crippen molar-refractivity contribution in [2.24, 2.45) is 11.8 Å². The Labute approximate surface area is 115 Å². The number of rotatable bonds is 4. The largest absolute Gasteiger partial charge is 0.331 e. The van der Waals surface area contributed by atoms with E-state index in [1.165, 1.54) is 5.57 Å². The molecule has 1 fully saturated rings. The number of carbonyl (C=O) groups is 1. The van der Waals surface area contributed by atoms with Crippen LogP contribution >= 0.6 is 0 Å². The van der Waals surface area contributed by atoms with Crippen molar-refractivity contribution in [1.82, 2.24) is 10.2 Å². The Kier molecular flexibility index (Phi) is 3.31. The Bertz CT molecular complexity index is 473. The highest BCUT2D eigenvalue weighted by Gasteiger charge is 2.41. The van der Waals surface area contributed by atoms with Crippen molar-refractivity contribution in [3.8, 4) is 0 Å². The molecule has 2 heterocycles. The second kappa shape index (κ2) is 4.97. The molecule has 2 atom stereocenters. The van der Waals surface area contributed by atoms with Crippen LogP contribution in [0.4, 0.5) is 0 Å². The molecule has 1 amide bonds. The van der Waals surface area contributed by atoms with Gasteiger partial charge in [-0.3, -0.25) is 4.79 Å². The second-order valence-electron chi connectivity index (χ2n) is 6.14. The van der Waals surface area contributed by atoms with E-state index in [-0.39, 0.29) is 5.91 Å². The van der Waals surface area contributed by atoms with Crippen molar-refractivity contribution >= 4 is 5.91 Å². The molecule has 3 heteroatoms. The first-order valence-corrected chi connectivity index (χ1v) is 7.27. The maximum atomic E-state index is 12.5. The van der Waals surface area contributed by atoms with Crippen LogP contribution in [0, 0.1) is 11.8 Å². The number of allylic oxidation sites excluding steroid dienone is 2. The molecule has 19 heavy (non-hydrogen) atoms. The number of amides is 1. The van der Waals surface area contributed by atoms with Crippen molar-refractivity contribution in [2.45, 2.75) is 26.3 Å². The zero-order valence-corrected chi connectivity index (χ0v) is 11.7. The molecular formula is C16H22N2O. The molecule has 3 nitrogen and oxygen atoms in total. The van der Waals surface area contributed by atoms with Crippen LogP contribution in [0.1, 0.15) is 20.3 Å². The van der Waals surface area contributed by atoms with E-state index in [1.807, 2.05) is 0 Å². The van der Waals surface area contributed by atoms with E-state index in [0.29, 0.717) is 24.4 Å². The fourth-order valence-electron chi connectivity index (χ4n) is 3.28. The van der Waals surface area contributed by atoms with E-state index in [1.54, 1.807) is 0 Å². The van der Waals surface area contributed by atoms with Crippen LogP contribution in [-0.4, -0.2) is 36.5 Å². The Morgan fingerprint density at radius 1 is 1.47 bits per heavy atom. The molecule has 0 aromatic carbocycles. The number of hydrogen-bond donors (Lipinski definition) is 1. The summed E-state index contributed by atoms with van der Waals surface area (Å²) in [6, 6.07) is 0.311. The third-order valence-corrected chi connectivity index (χ3v) is 4.18. The number of hydrogen-bond acceptors (Lipinski definition) is 2. The topological polar surface area (TPSA) is 32.3 Å². The smallest absolute Gasteiger partial charge is 0.251 e.